The Morgan fingerprint density at radius 2 is 1.69 bits per heavy atom. The monoisotopic (exact) mass is 460 g/mol. The van der Waals surface area contributed by atoms with E-state index in [9.17, 15) is 9.59 Å². The molecule has 4 rings (SSSR count). The molecule has 0 atom stereocenters. The Morgan fingerprint density at radius 1 is 1.00 bits per heavy atom. The van der Waals surface area contributed by atoms with Crippen molar-refractivity contribution in [1.29, 1.82) is 0 Å². The van der Waals surface area contributed by atoms with E-state index < -0.39 is 0 Å². The lowest BCUT2D eigenvalue weighted by Crippen LogP contribution is -2.54. The third-order valence-corrected chi connectivity index (χ3v) is 7.73. The lowest BCUT2D eigenvalue weighted by molar-refractivity contribution is -0.124. The Balaban J connectivity index is 1.14. The summed E-state index contributed by atoms with van der Waals surface area (Å²) in [5.41, 5.74) is 0. The predicted molar refractivity (Wildman–Crippen MR) is 127 cm³/mol. The van der Waals surface area contributed by atoms with E-state index in [1.165, 1.54) is 0 Å². The summed E-state index contributed by atoms with van der Waals surface area (Å²) in [5.74, 6) is 1.34. The molecule has 2 amide bonds. The van der Waals surface area contributed by atoms with Crippen molar-refractivity contribution in [2.45, 2.75) is 70.4 Å². The van der Waals surface area contributed by atoms with E-state index in [1.807, 2.05) is 4.90 Å². The summed E-state index contributed by atoms with van der Waals surface area (Å²) in [6, 6.07) is 4.36. The van der Waals surface area contributed by atoms with E-state index in [-0.39, 0.29) is 17.7 Å². The van der Waals surface area contributed by atoms with Gasteiger partial charge in [-0.1, -0.05) is 6.92 Å². The van der Waals surface area contributed by atoms with E-state index in [1.54, 1.807) is 18.4 Å². The number of carbonyl (C=O) groups is 2. The number of amides is 2. The molecule has 0 aromatic carbocycles. The van der Waals surface area contributed by atoms with Crippen molar-refractivity contribution in [3.05, 3.63) is 24.2 Å². The van der Waals surface area contributed by atoms with Gasteiger partial charge in [-0.3, -0.25) is 14.5 Å². The lowest BCUT2D eigenvalue weighted by atomic mass is 9.82. The third-order valence-electron chi connectivity index (χ3n) is 7.51. The molecule has 8 heteroatoms. The minimum absolute atomic E-state index is 0.0131. The molecular formula is C24H36N4O3S. The lowest BCUT2D eigenvalue weighted by Gasteiger charge is -2.42. The van der Waals surface area contributed by atoms with Crippen molar-refractivity contribution in [2.24, 2.45) is 11.8 Å². The van der Waals surface area contributed by atoms with Crippen LogP contribution in [0.15, 0.2) is 22.8 Å². The number of carbonyl (C=O) groups excluding carboxylic acids is 2. The summed E-state index contributed by atoms with van der Waals surface area (Å²) >= 11 is 5.43. The second-order valence-electron chi connectivity index (χ2n) is 9.73. The first-order valence-electron chi connectivity index (χ1n) is 12.2. The van der Waals surface area contributed by atoms with Crippen LogP contribution < -0.4 is 10.6 Å². The Morgan fingerprint density at radius 3 is 2.31 bits per heavy atom. The molecule has 0 spiro atoms. The highest BCUT2D eigenvalue weighted by Gasteiger charge is 2.31. The smallest absolute Gasteiger partial charge is 0.289 e. The molecule has 0 radical (unpaired) electrons. The van der Waals surface area contributed by atoms with Crippen molar-refractivity contribution in [3.63, 3.8) is 0 Å². The number of hydrogen-bond donors (Lipinski definition) is 2. The molecule has 3 fully saturated rings. The van der Waals surface area contributed by atoms with Gasteiger partial charge in [0.2, 0.25) is 5.91 Å². The molecule has 0 bridgehead atoms. The van der Waals surface area contributed by atoms with Crippen LogP contribution in [0.1, 0.15) is 68.8 Å². The number of rotatable bonds is 4. The van der Waals surface area contributed by atoms with Crippen LogP contribution in [0.2, 0.25) is 0 Å². The molecule has 7 nitrogen and oxygen atoms in total. The number of nitrogens with one attached hydrogen (secondary N) is 2. The van der Waals surface area contributed by atoms with Crippen LogP contribution in [0.25, 0.3) is 0 Å². The van der Waals surface area contributed by atoms with Gasteiger partial charge in [-0.15, -0.1) is 0 Å². The van der Waals surface area contributed by atoms with Gasteiger partial charge in [0.25, 0.3) is 5.91 Å². The van der Waals surface area contributed by atoms with E-state index in [0.717, 1.165) is 83.5 Å². The van der Waals surface area contributed by atoms with Crippen LogP contribution >= 0.6 is 12.2 Å². The van der Waals surface area contributed by atoms with Gasteiger partial charge in [-0.2, -0.15) is 0 Å². The van der Waals surface area contributed by atoms with E-state index in [0.29, 0.717) is 23.0 Å². The van der Waals surface area contributed by atoms with Crippen molar-refractivity contribution in [2.75, 3.05) is 26.2 Å². The second-order valence-corrected chi connectivity index (χ2v) is 10.1. The highest BCUT2D eigenvalue weighted by atomic mass is 32.1. The molecule has 176 valence electrons. The molecule has 1 saturated heterocycles. The molecule has 1 aromatic heterocycles. The molecule has 1 aromatic rings. The van der Waals surface area contributed by atoms with Crippen LogP contribution in [-0.4, -0.2) is 65.0 Å². The van der Waals surface area contributed by atoms with Crippen molar-refractivity contribution < 1.29 is 14.0 Å². The number of furan rings is 1. The highest BCUT2D eigenvalue weighted by molar-refractivity contribution is 7.80. The molecule has 2 aliphatic carbocycles. The van der Waals surface area contributed by atoms with Crippen molar-refractivity contribution >= 4 is 29.1 Å². The number of piperazine rings is 1. The van der Waals surface area contributed by atoms with Crippen LogP contribution in [0.3, 0.4) is 0 Å². The third kappa shape index (κ3) is 5.90. The summed E-state index contributed by atoms with van der Waals surface area (Å²) in [5, 5.41) is 6.80. The first-order chi connectivity index (χ1) is 15.5. The molecule has 1 aliphatic heterocycles. The van der Waals surface area contributed by atoms with Gasteiger partial charge in [0.15, 0.2) is 10.9 Å². The van der Waals surface area contributed by atoms with Crippen LogP contribution in [0, 0.1) is 11.8 Å². The standard InChI is InChI=1S/C24H36N4O3S/c1-17-4-6-18(7-5-17)22(29)26-24(32)25-19-8-10-20(11-9-19)27-12-14-28(15-13-27)23(30)21-3-2-16-31-21/h2-3,16-20H,4-15H2,1H3,(H2,25,26,29,32). The summed E-state index contributed by atoms with van der Waals surface area (Å²) in [4.78, 5) is 29.3. The minimum Gasteiger partial charge on any atom is -0.459 e. The van der Waals surface area contributed by atoms with E-state index >= 15 is 0 Å². The first-order valence-corrected chi connectivity index (χ1v) is 12.6. The predicted octanol–water partition coefficient (Wildman–Crippen LogP) is 3.17. The van der Waals surface area contributed by atoms with Gasteiger partial charge >= 0.3 is 0 Å². The average Bonchev–Trinajstić information content (AvgIpc) is 3.34. The zero-order chi connectivity index (χ0) is 22.5. The van der Waals surface area contributed by atoms with Crippen LogP contribution in [0.4, 0.5) is 0 Å². The van der Waals surface area contributed by atoms with Gasteiger partial charge in [0, 0.05) is 44.2 Å². The molecule has 2 saturated carbocycles. The Labute approximate surface area is 196 Å². The molecule has 2 heterocycles. The Kier molecular flexibility index (Phi) is 7.84. The van der Waals surface area contributed by atoms with Crippen molar-refractivity contribution in [1.82, 2.24) is 20.4 Å². The van der Waals surface area contributed by atoms with Gasteiger partial charge in [0.05, 0.1) is 6.26 Å². The summed E-state index contributed by atoms with van der Waals surface area (Å²) in [7, 11) is 0. The SMILES string of the molecule is CC1CCC(C(=O)NC(=S)NC2CCC(N3CCN(C(=O)c4ccco4)CC3)CC2)CC1. The Bertz CT molecular complexity index is 775. The number of nitrogens with zero attached hydrogens (tertiary/aromatic N) is 2. The normalized spacial score (nSPS) is 29.3. The van der Waals surface area contributed by atoms with Gasteiger partial charge in [0.1, 0.15) is 0 Å². The first kappa shape index (κ1) is 23.2. The highest BCUT2D eigenvalue weighted by Crippen LogP contribution is 2.28. The van der Waals surface area contributed by atoms with E-state index in [2.05, 4.69) is 22.5 Å². The maximum absolute atomic E-state index is 12.5. The number of thiocarbonyl (C=S) groups is 1. The zero-order valence-corrected chi connectivity index (χ0v) is 19.9. The fraction of sp³-hybridized carbons (Fsp3) is 0.708. The zero-order valence-electron chi connectivity index (χ0n) is 19.1. The maximum atomic E-state index is 12.5. The molecular weight excluding hydrogens is 424 g/mol. The maximum Gasteiger partial charge on any atom is 0.289 e. The van der Waals surface area contributed by atoms with E-state index in [4.69, 9.17) is 16.6 Å². The molecule has 32 heavy (non-hydrogen) atoms. The summed E-state index contributed by atoms with van der Waals surface area (Å²) < 4.78 is 5.25. The Hall–Kier alpha value is -1.93. The van der Waals surface area contributed by atoms with Gasteiger partial charge < -0.3 is 20.0 Å². The fourth-order valence-corrected chi connectivity index (χ4v) is 5.66. The van der Waals surface area contributed by atoms with Gasteiger partial charge in [-0.25, -0.2) is 0 Å². The fourth-order valence-electron chi connectivity index (χ4n) is 5.39. The molecule has 3 aliphatic rings. The van der Waals surface area contributed by atoms with Gasteiger partial charge in [-0.05, 0) is 81.6 Å². The molecule has 0 unspecified atom stereocenters. The van der Waals surface area contributed by atoms with Crippen molar-refractivity contribution in [3.8, 4) is 0 Å². The second kappa shape index (κ2) is 10.8. The van der Waals surface area contributed by atoms with Crippen LogP contribution in [0.5, 0.6) is 0 Å². The molecule has 2 N–H and O–H groups in total. The number of hydrogen-bond acceptors (Lipinski definition) is 5. The summed E-state index contributed by atoms with van der Waals surface area (Å²) in [6.07, 6.45) is 10.1. The topological polar surface area (TPSA) is 77.8 Å². The summed E-state index contributed by atoms with van der Waals surface area (Å²) in [6.45, 7) is 5.56. The minimum atomic E-state index is -0.0131. The quantitative estimate of drug-likeness (QED) is 0.672. The van der Waals surface area contributed by atoms with Crippen LogP contribution in [-0.2, 0) is 4.79 Å². The average molecular weight is 461 g/mol. The largest absolute Gasteiger partial charge is 0.459 e.